The first-order valence-electron chi connectivity index (χ1n) is 9.31. The first-order valence-corrected chi connectivity index (χ1v) is 9.72. The summed E-state index contributed by atoms with van der Waals surface area (Å²) in [6.45, 7) is 0.399. The van der Waals surface area contributed by atoms with E-state index in [0.29, 0.717) is 23.6 Å². The lowest BCUT2D eigenvalue weighted by atomic mass is 10.2. The number of hydrogen-bond donors (Lipinski definition) is 2. The Morgan fingerprint density at radius 1 is 1.00 bits per heavy atom. The maximum absolute atomic E-state index is 12.1. The number of amides is 1. The van der Waals surface area contributed by atoms with Crippen molar-refractivity contribution in [1.29, 1.82) is 0 Å². The van der Waals surface area contributed by atoms with Crippen LogP contribution in [0.4, 0.5) is 11.4 Å². The van der Waals surface area contributed by atoms with Crippen molar-refractivity contribution >= 4 is 40.7 Å². The van der Waals surface area contributed by atoms with Gasteiger partial charge in [-0.05, 0) is 53.7 Å². The Kier molecular flexibility index (Phi) is 7.45. The molecule has 0 bridgehead atoms. The van der Waals surface area contributed by atoms with Crippen molar-refractivity contribution in [3.63, 3.8) is 0 Å². The number of nitrogens with one attached hydrogen (secondary N) is 2. The van der Waals surface area contributed by atoms with Crippen LogP contribution in [0.5, 0.6) is 5.75 Å². The summed E-state index contributed by atoms with van der Waals surface area (Å²) in [6.07, 6.45) is 2.84. The van der Waals surface area contributed by atoms with Crippen LogP contribution in [-0.4, -0.2) is 15.9 Å². The van der Waals surface area contributed by atoms with Gasteiger partial charge in [0, 0.05) is 18.2 Å². The van der Waals surface area contributed by atoms with E-state index in [9.17, 15) is 14.9 Å². The molecule has 0 aliphatic rings. The molecule has 0 atom stereocenters. The normalized spacial score (nSPS) is 10.5. The summed E-state index contributed by atoms with van der Waals surface area (Å²) in [5.41, 5.74) is 2.30. The van der Waals surface area contributed by atoms with Crippen LogP contribution in [0.25, 0.3) is 6.08 Å². The summed E-state index contributed by atoms with van der Waals surface area (Å²) in [7, 11) is 0. The molecular formula is C23H19N3O4S. The molecule has 0 fully saturated rings. The lowest BCUT2D eigenvalue weighted by Crippen LogP contribution is -2.32. The van der Waals surface area contributed by atoms with Crippen molar-refractivity contribution in [2.45, 2.75) is 6.61 Å². The van der Waals surface area contributed by atoms with Crippen molar-refractivity contribution in [2.75, 3.05) is 5.32 Å². The standard InChI is InChI=1S/C23H19N3O4S/c27-22(15-12-17-10-13-19(14-11-17)26(28)29)25-23(31)24-20-8-4-5-9-21(20)30-16-18-6-2-1-3-7-18/h1-15H,16H2,(H2,24,25,27,31)/b15-12+. The topological polar surface area (TPSA) is 93.5 Å². The minimum atomic E-state index is -0.480. The molecule has 8 heteroatoms. The molecule has 2 N–H and O–H groups in total. The maximum Gasteiger partial charge on any atom is 0.269 e. The Morgan fingerprint density at radius 2 is 1.68 bits per heavy atom. The van der Waals surface area contributed by atoms with E-state index in [4.69, 9.17) is 17.0 Å². The fraction of sp³-hybridized carbons (Fsp3) is 0.0435. The van der Waals surface area contributed by atoms with Crippen LogP contribution in [0.1, 0.15) is 11.1 Å². The second-order valence-electron chi connectivity index (χ2n) is 6.40. The summed E-state index contributed by atoms with van der Waals surface area (Å²) in [6, 6.07) is 22.9. The zero-order valence-electron chi connectivity index (χ0n) is 16.4. The second kappa shape index (κ2) is 10.7. The van der Waals surface area contributed by atoms with E-state index in [2.05, 4.69) is 10.6 Å². The molecule has 0 heterocycles. The smallest absolute Gasteiger partial charge is 0.269 e. The van der Waals surface area contributed by atoms with Gasteiger partial charge < -0.3 is 10.1 Å². The number of hydrogen-bond acceptors (Lipinski definition) is 5. The number of thiocarbonyl (C=S) groups is 1. The molecule has 7 nitrogen and oxygen atoms in total. The van der Waals surface area contributed by atoms with Crippen LogP contribution in [0.15, 0.2) is 84.9 Å². The minimum Gasteiger partial charge on any atom is -0.487 e. The highest BCUT2D eigenvalue weighted by molar-refractivity contribution is 7.80. The third-order valence-corrected chi connectivity index (χ3v) is 4.34. The lowest BCUT2D eigenvalue weighted by molar-refractivity contribution is -0.384. The van der Waals surface area contributed by atoms with Crippen LogP contribution in [0.3, 0.4) is 0 Å². The van der Waals surface area contributed by atoms with Crippen LogP contribution in [0, 0.1) is 10.1 Å². The molecule has 0 aliphatic carbocycles. The number of nitrogens with zero attached hydrogens (tertiary/aromatic N) is 1. The molecule has 0 aromatic heterocycles. The summed E-state index contributed by atoms with van der Waals surface area (Å²) in [4.78, 5) is 22.3. The van der Waals surface area contributed by atoms with E-state index in [1.165, 1.54) is 18.2 Å². The minimum absolute atomic E-state index is 0.0138. The third-order valence-electron chi connectivity index (χ3n) is 4.14. The number of benzene rings is 3. The molecule has 1 amide bonds. The Morgan fingerprint density at radius 3 is 2.39 bits per heavy atom. The Labute approximate surface area is 184 Å². The third kappa shape index (κ3) is 6.76. The molecule has 31 heavy (non-hydrogen) atoms. The van der Waals surface area contributed by atoms with Crippen molar-refractivity contribution in [2.24, 2.45) is 0 Å². The van der Waals surface area contributed by atoms with E-state index in [0.717, 1.165) is 5.56 Å². The van der Waals surface area contributed by atoms with Crippen LogP contribution < -0.4 is 15.4 Å². The number of rotatable bonds is 7. The first kappa shape index (κ1) is 21.7. The largest absolute Gasteiger partial charge is 0.487 e. The Bertz CT molecular complexity index is 1100. The second-order valence-corrected chi connectivity index (χ2v) is 6.80. The molecule has 0 saturated heterocycles. The fourth-order valence-electron chi connectivity index (χ4n) is 2.62. The van der Waals surface area contributed by atoms with Gasteiger partial charge in [0.25, 0.3) is 5.69 Å². The van der Waals surface area contributed by atoms with Gasteiger partial charge >= 0.3 is 0 Å². The van der Waals surface area contributed by atoms with Crippen molar-refractivity contribution in [1.82, 2.24) is 5.32 Å². The molecule has 0 aliphatic heterocycles. The van der Waals surface area contributed by atoms with Crippen LogP contribution in [0.2, 0.25) is 0 Å². The average molecular weight is 433 g/mol. The zero-order valence-corrected chi connectivity index (χ0v) is 17.2. The highest BCUT2D eigenvalue weighted by Crippen LogP contribution is 2.24. The number of para-hydroxylation sites is 2. The molecule has 3 aromatic rings. The molecule has 0 radical (unpaired) electrons. The number of carbonyl (C=O) groups is 1. The van der Waals surface area contributed by atoms with Crippen molar-refractivity contribution in [3.8, 4) is 5.75 Å². The first-order chi connectivity index (χ1) is 15.0. The van der Waals surface area contributed by atoms with Gasteiger partial charge in [-0.1, -0.05) is 42.5 Å². The van der Waals surface area contributed by atoms with Gasteiger partial charge in [0.1, 0.15) is 12.4 Å². The van der Waals surface area contributed by atoms with Crippen LogP contribution in [-0.2, 0) is 11.4 Å². The molecular weight excluding hydrogens is 414 g/mol. The van der Waals surface area contributed by atoms with Gasteiger partial charge in [0.15, 0.2) is 5.11 Å². The maximum atomic E-state index is 12.1. The Balaban J connectivity index is 1.55. The van der Waals surface area contributed by atoms with E-state index in [1.807, 2.05) is 48.5 Å². The number of ether oxygens (including phenoxy) is 1. The van der Waals surface area contributed by atoms with Crippen molar-refractivity contribution < 1.29 is 14.5 Å². The number of nitro benzene ring substituents is 1. The predicted molar refractivity (Wildman–Crippen MR) is 124 cm³/mol. The monoisotopic (exact) mass is 433 g/mol. The van der Waals surface area contributed by atoms with Crippen molar-refractivity contribution in [3.05, 3.63) is 106 Å². The SMILES string of the molecule is O=C(/C=C/c1ccc([N+](=O)[O-])cc1)NC(=S)Nc1ccccc1OCc1ccccc1. The van der Waals surface area contributed by atoms with Crippen LogP contribution >= 0.6 is 12.2 Å². The highest BCUT2D eigenvalue weighted by atomic mass is 32.1. The lowest BCUT2D eigenvalue weighted by Gasteiger charge is -2.14. The van der Waals surface area contributed by atoms with Gasteiger partial charge in [-0.25, -0.2) is 0 Å². The van der Waals surface area contributed by atoms with Gasteiger partial charge in [-0.3, -0.25) is 20.2 Å². The summed E-state index contributed by atoms with van der Waals surface area (Å²) in [5.74, 6) is 0.169. The van der Waals surface area contributed by atoms with Gasteiger partial charge in [-0.15, -0.1) is 0 Å². The number of anilines is 1. The average Bonchev–Trinajstić information content (AvgIpc) is 2.78. The number of carbonyl (C=O) groups excluding carboxylic acids is 1. The number of nitro groups is 1. The molecule has 0 spiro atoms. The molecule has 0 unspecified atom stereocenters. The highest BCUT2D eigenvalue weighted by Gasteiger charge is 2.07. The van der Waals surface area contributed by atoms with E-state index < -0.39 is 10.8 Å². The van der Waals surface area contributed by atoms with Gasteiger partial charge in [0.05, 0.1) is 10.6 Å². The molecule has 3 rings (SSSR count). The molecule has 3 aromatic carbocycles. The summed E-state index contributed by atoms with van der Waals surface area (Å²) < 4.78 is 5.86. The number of non-ortho nitro benzene ring substituents is 1. The predicted octanol–water partition coefficient (Wildman–Crippen LogP) is 4.70. The van der Waals surface area contributed by atoms with E-state index in [-0.39, 0.29) is 10.8 Å². The fourth-order valence-corrected chi connectivity index (χ4v) is 2.83. The van der Waals surface area contributed by atoms with E-state index >= 15 is 0 Å². The zero-order chi connectivity index (χ0) is 22.1. The molecule has 0 saturated carbocycles. The quantitative estimate of drug-likeness (QED) is 0.243. The van der Waals surface area contributed by atoms with Gasteiger partial charge in [-0.2, -0.15) is 0 Å². The summed E-state index contributed by atoms with van der Waals surface area (Å²) in [5, 5.41) is 16.3. The van der Waals surface area contributed by atoms with Gasteiger partial charge in [0.2, 0.25) is 5.91 Å². The summed E-state index contributed by atoms with van der Waals surface area (Å²) >= 11 is 5.22. The Hall–Kier alpha value is -4.04. The van der Waals surface area contributed by atoms with E-state index in [1.54, 1.807) is 24.3 Å². The molecule has 156 valence electrons.